The molecule has 1 amide bonds. The quantitative estimate of drug-likeness (QED) is 0.163. The number of carbonyl (C=O) groups excluding carboxylic acids is 1. The lowest BCUT2D eigenvalue weighted by molar-refractivity contribution is 0.1000. The largest absolute Gasteiger partial charge is 0.497 e. The van der Waals surface area contributed by atoms with Gasteiger partial charge in [-0.15, -0.1) is 22.0 Å². The van der Waals surface area contributed by atoms with Crippen molar-refractivity contribution in [1.82, 2.24) is 15.2 Å². The Hall–Kier alpha value is -4.65. The van der Waals surface area contributed by atoms with Gasteiger partial charge in [0.05, 0.1) is 24.8 Å². The molecule has 0 saturated carbocycles. The number of benzene rings is 4. The van der Waals surface area contributed by atoms with Crippen LogP contribution in [0, 0.1) is 0 Å². The fourth-order valence-corrected chi connectivity index (χ4v) is 7.00. The zero-order valence-corrected chi connectivity index (χ0v) is 25.9. The third-order valence-corrected chi connectivity index (χ3v) is 9.40. The van der Waals surface area contributed by atoms with E-state index in [0.29, 0.717) is 44.7 Å². The normalized spacial score (nSPS) is 11.2. The smallest absolute Gasteiger partial charge is 0.265 e. The number of nitrogens with two attached hydrogens (primary N) is 1. The summed E-state index contributed by atoms with van der Waals surface area (Å²) >= 11 is 7.56. The molecule has 0 saturated heterocycles. The first-order valence-electron chi connectivity index (χ1n) is 13.0. The van der Waals surface area contributed by atoms with Gasteiger partial charge in [0.2, 0.25) is 5.91 Å². The lowest BCUT2D eigenvalue weighted by Gasteiger charge is -2.15. The lowest BCUT2D eigenvalue weighted by Crippen LogP contribution is -2.19. The molecule has 3 N–H and O–H groups in total. The van der Waals surface area contributed by atoms with Crippen LogP contribution in [0.5, 0.6) is 11.5 Å². The lowest BCUT2D eigenvalue weighted by atomic mass is 10.0. The van der Waals surface area contributed by atoms with Gasteiger partial charge in [-0.05, 0) is 66.2 Å². The average Bonchev–Trinajstić information content (AvgIpc) is 3.04. The van der Waals surface area contributed by atoms with Crippen molar-refractivity contribution in [3.8, 4) is 34.0 Å². The number of primary amides is 1. The molecular formula is C31H26ClN5O5S2. The van der Waals surface area contributed by atoms with Crippen LogP contribution in [0.2, 0.25) is 5.02 Å². The van der Waals surface area contributed by atoms with Crippen LogP contribution in [0.25, 0.3) is 22.5 Å². The van der Waals surface area contributed by atoms with Crippen molar-refractivity contribution in [2.45, 2.75) is 15.5 Å². The number of halogens is 1. The van der Waals surface area contributed by atoms with Gasteiger partial charge in [0.25, 0.3) is 16.0 Å². The van der Waals surface area contributed by atoms with E-state index < -0.39 is 15.9 Å². The number of amides is 1. The molecule has 0 unspecified atom stereocenters. The third-order valence-electron chi connectivity index (χ3n) is 6.46. The van der Waals surface area contributed by atoms with E-state index in [-0.39, 0.29) is 21.4 Å². The second-order valence-electron chi connectivity index (χ2n) is 9.31. The summed E-state index contributed by atoms with van der Waals surface area (Å²) in [6.45, 7) is 0. The Morgan fingerprint density at radius 3 is 2.02 bits per heavy atom. The predicted octanol–water partition coefficient (Wildman–Crippen LogP) is 6.07. The molecule has 4 aromatic carbocycles. The highest BCUT2D eigenvalue weighted by molar-refractivity contribution is 7.99. The van der Waals surface area contributed by atoms with Gasteiger partial charge >= 0.3 is 0 Å². The monoisotopic (exact) mass is 647 g/mol. The average molecular weight is 648 g/mol. The first-order valence-corrected chi connectivity index (χ1v) is 15.9. The fourth-order valence-electron chi connectivity index (χ4n) is 4.22. The Morgan fingerprint density at radius 1 is 0.864 bits per heavy atom. The van der Waals surface area contributed by atoms with Gasteiger partial charge in [-0.1, -0.05) is 41.9 Å². The minimum absolute atomic E-state index is 0.0376. The van der Waals surface area contributed by atoms with Crippen molar-refractivity contribution in [3.63, 3.8) is 0 Å². The van der Waals surface area contributed by atoms with Crippen molar-refractivity contribution in [2.75, 3.05) is 18.9 Å². The molecule has 0 aliphatic carbocycles. The highest BCUT2D eigenvalue weighted by Gasteiger charge is 2.25. The Kier molecular flexibility index (Phi) is 9.33. The van der Waals surface area contributed by atoms with Crippen LogP contribution in [0.4, 0.5) is 5.95 Å². The van der Waals surface area contributed by atoms with E-state index in [1.165, 1.54) is 17.8 Å². The molecule has 0 aliphatic heterocycles. The minimum Gasteiger partial charge on any atom is -0.497 e. The molecule has 1 aromatic heterocycles. The van der Waals surface area contributed by atoms with E-state index in [1.807, 2.05) is 30.3 Å². The summed E-state index contributed by atoms with van der Waals surface area (Å²) in [7, 11) is -1.23. The number of ether oxygens (including phenoxy) is 2. The molecule has 44 heavy (non-hydrogen) atoms. The van der Waals surface area contributed by atoms with Crippen LogP contribution in [0.15, 0.2) is 101 Å². The third kappa shape index (κ3) is 6.94. The summed E-state index contributed by atoms with van der Waals surface area (Å²) in [4.78, 5) is 16.8. The second-order valence-corrected chi connectivity index (χ2v) is 12.4. The standard InChI is InChI=1S/C31H26ClN5O5S2/c1-41-22-12-8-20(9-13-22)28-29(21-10-14-23(42-2)15-11-21)35-36-31(34-28)37-44(39,40)27-16-24(30(33)38)25(32)17-26(27)43-18-19-6-4-3-5-7-19/h3-17H,18H2,1-2H3,(H2,33,38)(H,34,36,37). The van der Waals surface area contributed by atoms with E-state index in [9.17, 15) is 13.2 Å². The molecule has 10 nitrogen and oxygen atoms in total. The maximum Gasteiger partial charge on any atom is 0.265 e. The Bertz CT molecular complexity index is 1910. The predicted molar refractivity (Wildman–Crippen MR) is 171 cm³/mol. The van der Waals surface area contributed by atoms with Gasteiger partial charge < -0.3 is 15.2 Å². The number of hydrogen-bond donors (Lipinski definition) is 2. The van der Waals surface area contributed by atoms with Crippen LogP contribution in [-0.4, -0.2) is 43.7 Å². The highest BCUT2D eigenvalue weighted by Crippen LogP contribution is 2.36. The SMILES string of the molecule is COc1ccc(-c2nnc(NS(=O)(=O)c3cc(C(N)=O)c(Cl)cc3SCc3ccccc3)nc2-c2ccc(OC)cc2)cc1. The summed E-state index contributed by atoms with van der Waals surface area (Å²) in [6, 6.07) is 26.3. The van der Waals surface area contributed by atoms with Gasteiger partial charge in [0.15, 0.2) is 0 Å². The van der Waals surface area contributed by atoms with Crippen molar-refractivity contribution in [3.05, 3.63) is 107 Å². The second kappa shape index (κ2) is 13.3. The minimum atomic E-state index is -4.36. The van der Waals surface area contributed by atoms with Gasteiger partial charge in [-0.25, -0.2) is 18.1 Å². The highest BCUT2D eigenvalue weighted by atomic mass is 35.5. The summed E-state index contributed by atoms with van der Waals surface area (Å²) in [6.07, 6.45) is 0. The van der Waals surface area contributed by atoms with Gasteiger partial charge in [0, 0.05) is 21.8 Å². The van der Waals surface area contributed by atoms with Crippen LogP contribution < -0.4 is 19.9 Å². The van der Waals surface area contributed by atoms with Crippen LogP contribution in [0.1, 0.15) is 15.9 Å². The molecule has 0 radical (unpaired) electrons. The molecule has 0 bridgehead atoms. The molecule has 0 spiro atoms. The number of rotatable bonds is 11. The molecule has 0 fully saturated rings. The molecule has 1 heterocycles. The first kappa shape index (κ1) is 30.8. The van der Waals surface area contributed by atoms with Crippen molar-refractivity contribution in [1.29, 1.82) is 0 Å². The number of thioether (sulfide) groups is 1. The number of nitrogens with one attached hydrogen (secondary N) is 1. The molecule has 13 heteroatoms. The van der Waals surface area contributed by atoms with Gasteiger partial charge in [0.1, 0.15) is 27.8 Å². The van der Waals surface area contributed by atoms with Crippen LogP contribution in [0.3, 0.4) is 0 Å². The van der Waals surface area contributed by atoms with Gasteiger partial charge in [-0.3, -0.25) is 4.79 Å². The molecular weight excluding hydrogens is 622 g/mol. The zero-order valence-electron chi connectivity index (χ0n) is 23.5. The maximum absolute atomic E-state index is 13.8. The molecule has 224 valence electrons. The molecule has 5 aromatic rings. The van der Waals surface area contributed by atoms with Gasteiger partial charge in [-0.2, -0.15) is 0 Å². The number of aromatic nitrogens is 3. The van der Waals surface area contributed by atoms with Crippen molar-refractivity contribution < 1.29 is 22.7 Å². The number of sulfonamides is 1. The van der Waals surface area contributed by atoms with E-state index in [0.717, 1.165) is 11.6 Å². The molecule has 5 rings (SSSR count). The van der Waals surface area contributed by atoms with Crippen molar-refractivity contribution in [2.24, 2.45) is 5.73 Å². The summed E-state index contributed by atoms with van der Waals surface area (Å²) in [5.74, 6) is 0.601. The maximum atomic E-state index is 13.8. The summed E-state index contributed by atoms with van der Waals surface area (Å²) in [5, 5.41) is 8.48. The molecule has 0 atom stereocenters. The number of hydrogen-bond acceptors (Lipinski definition) is 9. The molecule has 0 aliphatic rings. The van der Waals surface area contributed by atoms with Crippen LogP contribution >= 0.6 is 23.4 Å². The Morgan fingerprint density at radius 2 is 1.45 bits per heavy atom. The first-order chi connectivity index (χ1) is 21.2. The number of anilines is 1. The Labute approximate surface area is 263 Å². The van der Waals surface area contributed by atoms with E-state index in [4.69, 9.17) is 26.8 Å². The van der Waals surface area contributed by atoms with Crippen LogP contribution in [-0.2, 0) is 15.8 Å². The number of carbonyl (C=O) groups is 1. The summed E-state index contributed by atoms with van der Waals surface area (Å²) in [5.41, 5.74) is 8.45. The topological polar surface area (TPSA) is 146 Å². The number of methoxy groups -OCH3 is 2. The van der Waals surface area contributed by atoms with Crippen molar-refractivity contribution >= 4 is 45.2 Å². The fraction of sp³-hybridized carbons (Fsp3) is 0.0968. The summed E-state index contributed by atoms with van der Waals surface area (Å²) < 4.78 is 40.6. The zero-order chi connectivity index (χ0) is 31.3. The Balaban J connectivity index is 1.56. The van der Waals surface area contributed by atoms with E-state index in [2.05, 4.69) is 19.9 Å². The van der Waals surface area contributed by atoms with E-state index in [1.54, 1.807) is 62.8 Å². The van der Waals surface area contributed by atoms with E-state index >= 15 is 0 Å². The number of nitrogens with zero attached hydrogens (tertiary/aromatic N) is 3.